The zero-order chi connectivity index (χ0) is 19.5. The van der Waals surface area contributed by atoms with Crippen LogP contribution in [0.4, 0.5) is 4.79 Å². The van der Waals surface area contributed by atoms with Gasteiger partial charge in [-0.05, 0) is 42.0 Å². The van der Waals surface area contributed by atoms with Gasteiger partial charge < -0.3 is 4.90 Å². The van der Waals surface area contributed by atoms with Gasteiger partial charge in [0.15, 0.2) is 0 Å². The summed E-state index contributed by atoms with van der Waals surface area (Å²) in [4.78, 5) is 39.7. The summed E-state index contributed by atoms with van der Waals surface area (Å²) in [5.41, 5.74) is 2.76. The lowest BCUT2D eigenvalue weighted by molar-refractivity contribution is -0.125. The van der Waals surface area contributed by atoms with Crippen LogP contribution >= 0.6 is 11.8 Å². The van der Waals surface area contributed by atoms with Crippen molar-refractivity contribution in [2.24, 2.45) is 0 Å². The van der Waals surface area contributed by atoms with E-state index in [1.807, 2.05) is 23.1 Å². The fraction of sp³-hybridized carbons (Fsp3) is 0.318. The van der Waals surface area contributed by atoms with E-state index in [2.05, 4.69) is 24.3 Å². The molecule has 0 aliphatic carbocycles. The summed E-state index contributed by atoms with van der Waals surface area (Å²) in [5.74, 6) is 0.547. The van der Waals surface area contributed by atoms with Gasteiger partial charge in [-0.1, -0.05) is 54.2 Å². The SMILES string of the molecule is O=C(c1cccc(CN2C(=O)CSC2=O)c1)N1CCC(c2ccccc2)CC1. The van der Waals surface area contributed by atoms with E-state index in [4.69, 9.17) is 0 Å². The summed E-state index contributed by atoms with van der Waals surface area (Å²) in [5, 5.41) is -0.218. The molecule has 2 aromatic rings. The van der Waals surface area contributed by atoms with Crippen molar-refractivity contribution in [2.75, 3.05) is 18.8 Å². The third-order valence-corrected chi connectivity index (χ3v) is 6.27. The summed E-state index contributed by atoms with van der Waals surface area (Å²) in [6, 6.07) is 17.7. The van der Waals surface area contributed by atoms with Gasteiger partial charge in [-0.2, -0.15) is 0 Å². The van der Waals surface area contributed by atoms with Crippen LogP contribution in [0.2, 0.25) is 0 Å². The maximum atomic E-state index is 12.9. The first kappa shape index (κ1) is 18.7. The van der Waals surface area contributed by atoms with E-state index in [0.717, 1.165) is 43.3 Å². The molecule has 2 heterocycles. The zero-order valence-corrected chi connectivity index (χ0v) is 16.4. The van der Waals surface area contributed by atoms with Crippen molar-refractivity contribution in [3.8, 4) is 0 Å². The Balaban J connectivity index is 1.40. The van der Waals surface area contributed by atoms with Crippen LogP contribution in [0.25, 0.3) is 0 Å². The quantitative estimate of drug-likeness (QED) is 0.789. The van der Waals surface area contributed by atoms with Crippen LogP contribution in [0.5, 0.6) is 0 Å². The highest BCUT2D eigenvalue weighted by Gasteiger charge is 2.30. The number of thioether (sulfide) groups is 1. The average molecular weight is 394 g/mol. The molecular formula is C22H22N2O3S. The lowest BCUT2D eigenvalue weighted by Crippen LogP contribution is -2.38. The number of hydrogen-bond acceptors (Lipinski definition) is 4. The number of carbonyl (C=O) groups is 3. The Kier molecular flexibility index (Phi) is 5.48. The molecule has 144 valence electrons. The van der Waals surface area contributed by atoms with Crippen LogP contribution in [0.3, 0.4) is 0 Å². The molecule has 28 heavy (non-hydrogen) atoms. The van der Waals surface area contributed by atoms with Crippen molar-refractivity contribution in [3.05, 3.63) is 71.3 Å². The number of imide groups is 1. The monoisotopic (exact) mass is 394 g/mol. The van der Waals surface area contributed by atoms with E-state index in [-0.39, 0.29) is 29.4 Å². The smallest absolute Gasteiger partial charge is 0.289 e. The number of amides is 3. The Morgan fingerprint density at radius 2 is 1.75 bits per heavy atom. The molecule has 0 N–H and O–H groups in total. The van der Waals surface area contributed by atoms with Crippen molar-refractivity contribution >= 4 is 28.8 Å². The lowest BCUT2D eigenvalue weighted by atomic mass is 9.89. The first-order valence-electron chi connectivity index (χ1n) is 9.52. The predicted molar refractivity (Wildman–Crippen MR) is 109 cm³/mol. The fourth-order valence-electron chi connectivity index (χ4n) is 3.84. The maximum Gasteiger partial charge on any atom is 0.289 e. The Morgan fingerprint density at radius 3 is 2.43 bits per heavy atom. The fourth-order valence-corrected chi connectivity index (χ4v) is 4.57. The predicted octanol–water partition coefficient (Wildman–Crippen LogP) is 3.90. The summed E-state index contributed by atoms with van der Waals surface area (Å²) >= 11 is 1.03. The van der Waals surface area contributed by atoms with Crippen LogP contribution < -0.4 is 0 Å². The van der Waals surface area contributed by atoms with Crippen molar-refractivity contribution < 1.29 is 14.4 Å². The Morgan fingerprint density at radius 1 is 1.00 bits per heavy atom. The molecule has 0 spiro atoms. The number of rotatable bonds is 4. The van der Waals surface area contributed by atoms with Gasteiger partial charge in [-0.3, -0.25) is 19.3 Å². The van der Waals surface area contributed by atoms with E-state index in [1.54, 1.807) is 12.1 Å². The standard InChI is InChI=1S/C22H22N2O3S/c25-20-15-28-22(27)24(20)14-16-5-4-8-19(13-16)21(26)23-11-9-18(10-12-23)17-6-2-1-3-7-17/h1-8,13,18H,9-12,14-15H2. The second kappa shape index (κ2) is 8.19. The molecule has 2 aromatic carbocycles. The number of piperidine rings is 1. The molecule has 2 aliphatic rings. The minimum Gasteiger partial charge on any atom is -0.339 e. The summed E-state index contributed by atoms with van der Waals surface area (Å²) in [6.07, 6.45) is 1.92. The largest absolute Gasteiger partial charge is 0.339 e. The van der Waals surface area contributed by atoms with Crippen molar-refractivity contribution in [2.45, 2.75) is 25.3 Å². The molecule has 0 bridgehead atoms. The van der Waals surface area contributed by atoms with E-state index < -0.39 is 0 Å². The third-order valence-electron chi connectivity index (χ3n) is 5.41. The second-order valence-electron chi connectivity index (χ2n) is 7.21. The zero-order valence-electron chi connectivity index (χ0n) is 15.5. The first-order valence-corrected chi connectivity index (χ1v) is 10.5. The van der Waals surface area contributed by atoms with E-state index >= 15 is 0 Å². The minimum absolute atomic E-state index is 0.0156. The van der Waals surface area contributed by atoms with Gasteiger partial charge >= 0.3 is 0 Å². The van der Waals surface area contributed by atoms with Crippen molar-refractivity contribution in [1.82, 2.24) is 9.80 Å². The van der Waals surface area contributed by atoms with Gasteiger partial charge in [0.05, 0.1) is 12.3 Å². The molecule has 0 aromatic heterocycles. The van der Waals surface area contributed by atoms with Gasteiger partial charge in [0.25, 0.3) is 11.1 Å². The number of nitrogens with zero attached hydrogens (tertiary/aromatic N) is 2. The number of hydrogen-bond donors (Lipinski definition) is 0. The number of carbonyl (C=O) groups excluding carboxylic acids is 3. The summed E-state index contributed by atoms with van der Waals surface area (Å²) in [7, 11) is 0. The van der Waals surface area contributed by atoms with Crippen LogP contribution in [-0.4, -0.2) is 45.7 Å². The van der Waals surface area contributed by atoms with Gasteiger partial charge in [-0.25, -0.2) is 0 Å². The van der Waals surface area contributed by atoms with Gasteiger partial charge in [-0.15, -0.1) is 0 Å². The Bertz CT molecular complexity index is 876. The van der Waals surface area contributed by atoms with E-state index in [9.17, 15) is 14.4 Å². The molecule has 0 saturated carbocycles. The normalized spacial score (nSPS) is 18.0. The molecule has 4 rings (SSSR count). The van der Waals surface area contributed by atoms with E-state index in [1.165, 1.54) is 10.5 Å². The van der Waals surface area contributed by atoms with Crippen LogP contribution in [0.15, 0.2) is 54.6 Å². The molecule has 6 heteroatoms. The molecule has 0 unspecified atom stereocenters. The molecule has 0 atom stereocenters. The van der Waals surface area contributed by atoms with Gasteiger partial charge in [0, 0.05) is 18.7 Å². The highest BCUT2D eigenvalue weighted by Crippen LogP contribution is 2.28. The topological polar surface area (TPSA) is 57.7 Å². The average Bonchev–Trinajstić information content (AvgIpc) is 3.06. The molecule has 2 fully saturated rings. The van der Waals surface area contributed by atoms with Crippen molar-refractivity contribution in [1.29, 1.82) is 0 Å². The molecule has 2 saturated heterocycles. The Hall–Kier alpha value is -2.60. The third kappa shape index (κ3) is 3.97. The van der Waals surface area contributed by atoms with Crippen LogP contribution in [-0.2, 0) is 11.3 Å². The minimum atomic E-state index is -0.218. The second-order valence-corrected chi connectivity index (χ2v) is 8.14. The summed E-state index contributed by atoms with van der Waals surface area (Å²) in [6.45, 7) is 1.70. The van der Waals surface area contributed by atoms with Crippen molar-refractivity contribution in [3.63, 3.8) is 0 Å². The summed E-state index contributed by atoms with van der Waals surface area (Å²) < 4.78 is 0. The first-order chi connectivity index (χ1) is 13.6. The molecule has 2 aliphatic heterocycles. The lowest BCUT2D eigenvalue weighted by Gasteiger charge is -2.32. The maximum absolute atomic E-state index is 12.9. The molecule has 5 nitrogen and oxygen atoms in total. The highest BCUT2D eigenvalue weighted by atomic mass is 32.2. The molecule has 0 radical (unpaired) electrons. The highest BCUT2D eigenvalue weighted by molar-refractivity contribution is 8.14. The Labute approximate surface area is 168 Å². The molecular weight excluding hydrogens is 372 g/mol. The van der Waals surface area contributed by atoms with Gasteiger partial charge in [0.1, 0.15) is 0 Å². The van der Waals surface area contributed by atoms with E-state index in [0.29, 0.717) is 11.5 Å². The molecule has 3 amide bonds. The van der Waals surface area contributed by atoms with Gasteiger partial charge in [0.2, 0.25) is 5.91 Å². The van der Waals surface area contributed by atoms with Crippen LogP contribution in [0.1, 0.15) is 40.2 Å². The number of benzene rings is 2. The van der Waals surface area contributed by atoms with Crippen LogP contribution in [0, 0.1) is 0 Å². The number of likely N-dealkylation sites (tertiary alicyclic amines) is 1.